The highest BCUT2D eigenvalue weighted by molar-refractivity contribution is 6.34. The number of carbonyl (C=O) groups excluding carboxylic acids is 3. The van der Waals surface area contributed by atoms with E-state index in [0.29, 0.717) is 30.7 Å². The number of ketones is 1. The van der Waals surface area contributed by atoms with Crippen molar-refractivity contribution >= 4 is 23.3 Å². The van der Waals surface area contributed by atoms with Crippen LogP contribution in [0.2, 0.25) is 0 Å². The van der Waals surface area contributed by atoms with Gasteiger partial charge >= 0.3 is 6.03 Å². The first-order chi connectivity index (χ1) is 15.4. The number of hydrogen-bond donors (Lipinski definition) is 0. The van der Waals surface area contributed by atoms with Crippen molar-refractivity contribution in [1.82, 2.24) is 9.80 Å². The number of benzene rings is 2. The summed E-state index contributed by atoms with van der Waals surface area (Å²) in [4.78, 5) is 43.7. The van der Waals surface area contributed by atoms with Crippen LogP contribution in [0.25, 0.3) is 5.57 Å². The van der Waals surface area contributed by atoms with Gasteiger partial charge in [0, 0.05) is 30.2 Å². The second-order valence-corrected chi connectivity index (χ2v) is 9.15. The molecule has 0 N–H and O–H groups in total. The van der Waals surface area contributed by atoms with Crippen LogP contribution in [0.1, 0.15) is 31.9 Å². The summed E-state index contributed by atoms with van der Waals surface area (Å²) < 4.78 is 0. The Bertz CT molecular complexity index is 1190. The van der Waals surface area contributed by atoms with Crippen molar-refractivity contribution in [1.29, 1.82) is 0 Å². The molecule has 5 rings (SSSR count). The van der Waals surface area contributed by atoms with Crippen molar-refractivity contribution in [3.63, 3.8) is 0 Å². The Labute approximate surface area is 188 Å². The molecule has 0 aromatic heterocycles. The molecule has 2 fully saturated rings. The highest BCUT2D eigenvalue weighted by Gasteiger charge is 2.66. The van der Waals surface area contributed by atoms with Crippen molar-refractivity contribution < 1.29 is 14.4 Å². The number of allylic oxidation sites excluding steroid dienone is 2. The van der Waals surface area contributed by atoms with Gasteiger partial charge in [-0.3, -0.25) is 14.5 Å². The maximum absolute atomic E-state index is 13.7. The summed E-state index contributed by atoms with van der Waals surface area (Å²) in [5.74, 6) is -0.618. The fourth-order valence-corrected chi connectivity index (χ4v) is 5.54. The van der Waals surface area contributed by atoms with E-state index < -0.39 is 11.5 Å². The van der Waals surface area contributed by atoms with E-state index in [4.69, 9.17) is 0 Å². The number of urea groups is 1. The minimum absolute atomic E-state index is 0.0138. The Balaban J connectivity index is 1.55. The molecule has 162 valence electrons. The van der Waals surface area contributed by atoms with Crippen LogP contribution < -0.4 is 0 Å². The predicted octanol–water partition coefficient (Wildman–Crippen LogP) is 4.25. The summed E-state index contributed by atoms with van der Waals surface area (Å²) in [7, 11) is 0. The lowest BCUT2D eigenvalue weighted by molar-refractivity contribution is -0.132. The average Bonchev–Trinajstić information content (AvgIpc) is 3.31. The van der Waals surface area contributed by atoms with E-state index in [9.17, 15) is 14.4 Å². The number of rotatable bonds is 4. The highest BCUT2D eigenvalue weighted by atomic mass is 16.2. The van der Waals surface area contributed by atoms with Crippen molar-refractivity contribution in [2.24, 2.45) is 5.92 Å². The molecule has 0 bridgehead atoms. The molecule has 5 heteroatoms. The first-order valence-electron chi connectivity index (χ1n) is 11.0. The number of Topliss-reactive ketones (excluding diaryl/α,β-unsaturated/α-hetero) is 1. The fraction of sp³-hybridized carbons (Fsp3) is 0.296. The summed E-state index contributed by atoms with van der Waals surface area (Å²) in [5.41, 5.74) is 3.97. The molecule has 32 heavy (non-hydrogen) atoms. The molecule has 1 aliphatic carbocycles. The maximum Gasteiger partial charge on any atom is 0.327 e. The molecule has 0 saturated carbocycles. The third kappa shape index (κ3) is 2.73. The fourth-order valence-electron chi connectivity index (χ4n) is 5.54. The molecule has 2 atom stereocenters. The van der Waals surface area contributed by atoms with Crippen LogP contribution in [0.3, 0.4) is 0 Å². The molecule has 2 heterocycles. The Morgan fingerprint density at radius 2 is 1.59 bits per heavy atom. The maximum atomic E-state index is 13.7. The zero-order chi connectivity index (χ0) is 22.6. The third-order valence-electron chi connectivity index (χ3n) is 7.09. The molecule has 2 saturated heterocycles. The lowest BCUT2D eigenvalue weighted by Crippen LogP contribution is -2.48. The Morgan fingerprint density at radius 1 is 0.969 bits per heavy atom. The lowest BCUT2D eigenvalue weighted by Gasteiger charge is -2.29. The van der Waals surface area contributed by atoms with Gasteiger partial charge in [0.25, 0.3) is 5.91 Å². The van der Waals surface area contributed by atoms with E-state index in [1.165, 1.54) is 4.90 Å². The average molecular weight is 427 g/mol. The molecule has 0 unspecified atom stereocenters. The monoisotopic (exact) mass is 426 g/mol. The van der Waals surface area contributed by atoms with Gasteiger partial charge in [-0.2, -0.15) is 0 Å². The molecule has 0 radical (unpaired) electrons. The first kappa shape index (κ1) is 20.4. The standard InChI is InChI=1S/C27H26N2O3/c1-17(2)21-23-20(22(24(21)30)19-12-8-5-9-13-19)16-29-26(32)28(25(31)27(23,29)3)15-14-18-10-6-4-7-11-18/h4-13,23H,14-16H2,1-3H3/t23-,27+/m1/s1. The van der Waals surface area contributed by atoms with Crippen LogP contribution >= 0.6 is 0 Å². The molecule has 3 aliphatic rings. The Hall–Kier alpha value is -3.47. The van der Waals surface area contributed by atoms with E-state index in [-0.39, 0.29) is 17.7 Å². The Morgan fingerprint density at radius 3 is 2.22 bits per heavy atom. The number of amides is 3. The Kier molecular flexibility index (Phi) is 4.66. The van der Waals surface area contributed by atoms with E-state index in [1.807, 2.05) is 81.4 Å². The molecular formula is C27H26N2O3. The molecule has 2 aromatic carbocycles. The van der Waals surface area contributed by atoms with Crippen LogP contribution in [0.15, 0.2) is 77.4 Å². The second kappa shape index (κ2) is 7.30. The number of imide groups is 1. The topological polar surface area (TPSA) is 57.7 Å². The predicted molar refractivity (Wildman–Crippen MR) is 123 cm³/mol. The number of hydrogen-bond acceptors (Lipinski definition) is 3. The van der Waals surface area contributed by atoms with E-state index in [1.54, 1.807) is 4.90 Å². The van der Waals surface area contributed by atoms with Crippen LogP contribution in [0.4, 0.5) is 4.79 Å². The summed E-state index contributed by atoms with van der Waals surface area (Å²) in [6.07, 6.45) is 0.610. The molecule has 2 aliphatic heterocycles. The lowest BCUT2D eigenvalue weighted by atomic mass is 9.79. The highest BCUT2D eigenvalue weighted by Crippen LogP contribution is 2.55. The molecule has 3 amide bonds. The van der Waals surface area contributed by atoms with Gasteiger partial charge in [0.15, 0.2) is 5.78 Å². The summed E-state index contributed by atoms with van der Waals surface area (Å²) in [6, 6.07) is 19.2. The van der Waals surface area contributed by atoms with Gasteiger partial charge in [-0.05, 0) is 43.9 Å². The number of nitrogens with zero attached hydrogens (tertiary/aromatic N) is 2. The van der Waals surface area contributed by atoms with E-state index in [0.717, 1.165) is 22.3 Å². The minimum atomic E-state index is -1.07. The van der Waals surface area contributed by atoms with Crippen LogP contribution in [-0.4, -0.2) is 46.1 Å². The normalized spacial score (nSPS) is 24.5. The summed E-state index contributed by atoms with van der Waals surface area (Å²) in [6.45, 7) is 6.31. The smallest absolute Gasteiger partial charge is 0.305 e. The number of fused-ring (bicyclic) bond motifs is 3. The third-order valence-corrected chi connectivity index (χ3v) is 7.09. The largest absolute Gasteiger partial charge is 0.327 e. The van der Waals surface area contributed by atoms with Gasteiger partial charge in [-0.15, -0.1) is 0 Å². The van der Waals surface area contributed by atoms with Crippen LogP contribution in [-0.2, 0) is 16.0 Å². The van der Waals surface area contributed by atoms with Crippen molar-refractivity contribution in [3.8, 4) is 0 Å². The van der Waals surface area contributed by atoms with Crippen LogP contribution in [0, 0.1) is 5.92 Å². The number of carbonyl (C=O) groups is 3. The van der Waals surface area contributed by atoms with E-state index in [2.05, 4.69) is 0 Å². The SMILES string of the molecule is CC(C)=C1C(=O)C(c2ccccc2)=C2CN3C(=O)N(CCc4ccccc4)C(=O)[C@]3(C)[C@H]21. The molecule has 2 aromatic rings. The van der Waals surface area contributed by atoms with E-state index >= 15 is 0 Å². The summed E-state index contributed by atoms with van der Waals surface area (Å²) in [5, 5.41) is 0. The molecule has 5 nitrogen and oxygen atoms in total. The van der Waals surface area contributed by atoms with Crippen molar-refractivity contribution in [3.05, 3.63) is 88.5 Å². The van der Waals surface area contributed by atoms with Gasteiger partial charge < -0.3 is 4.90 Å². The molecular weight excluding hydrogens is 400 g/mol. The van der Waals surface area contributed by atoms with Gasteiger partial charge in [-0.25, -0.2) is 4.79 Å². The van der Waals surface area contributed by atoms with Gasteiger partial charge in [-0.1, -0.05) is 66.2 Å². The van der Waals surface area contributed by atoms with Crippen LogP contribution in [0.5, 0.6) is 0 Å². The van der Waals surface area contributed by atoms with Gasteiger partial charge in [0.05, 0.1) is 0 Å². The van der Waals surface area contributed by atoms with Crippen molar-refractivity contribution in [2.45, 2.75) is 32.7 Å². The quantitative estimate of drug-likeness (QED) is 0.542. The zero-order valence-corrected chi connectivity index (χ0v) is 18.6. The van der Waals surface area contributed by atoms with Gasteiger partial charge in [0.1, 0.15) is 5.54 Å². The second-order valence-electron chi connectivity index (χ2n) is 9.15. The zero-order valence-electron chi connectivity index (χ0n) is 18.6. The van der Waals surface area contributed by atoms with Gasteiger partial charge in [0.2, 0.25) is 0 Å². The minimum Gasteiger partial charge on any atom is -0.305 e. The van der Waals surface area contributed by atoms with Crippen molar-refractivity contribution in [2.75, 3.05) is 13.1 Å². The summed E-state index contributed by atoms with van der Waals surface area (Å²) >= 11 is 0. The first-order valence-corrected chi connectivity index (χ1v) is 11.0. The molecule has 0 spiro atoms.